The van der Waals surface area contributed by atoms with Crippen LogP contribution in [0.25, 0.3) is 26.9 Å². The molecular weight excluding hydrogens is 356 g/mol. The standard InChI is InChI=1S/C25H23N4/c1-18(2)15-26-16-19-7-6-8-20(13-19)21-11-12-24-23(14-21)25(28-17-27-24)29-22-9-4-3-5-10-22/h3-14,17-18H,16H2,1-2H3,(H,27,28,29)/q+1. The van der Waals surface area contributed by atoms with Gasteiger partial charge in [0.05, 0.1) is 11.4 Å². The van der Waals surface area contributed by atoms with E-state index in [2.05, 4.69) is 76.4 Å². The molecule has 4 aromatic rings. The number of benzene rings is 3. The second kappa shape index (κ2) is 8.53. The van der Waals surface area contributed by atoms with E-state index in [-0.39, 0.29) is 0 Å². The molecule has 0 aliphatic carbocycles. The lowest BCUT2D eigenvalue weighted by Gasteiger charge is -2.10. The minimum absolute atomic E-state index is 0.342. The van der Waals surface area contributed by atoms with Crippen molar-refractivity contribution >= 4 is 22.4 Å². The van der Waals surface area contributed by atoms with Gasteiger partial charge in [0.15, 0.2) is 0 Å². The van der Waals surface area contributed by atoms with Gasteiger partial charge in [0.1, 0.15) is 12.1 Å². The van der Waals surface area contributed by atoms with Gasteiger partial charge < -0.3 is 5.32 Å². The Bertz CT molecular complexity index is 1190. The smallest absolute Gasteiger partial charge is 0.288 e. The largest absolute Gasteiger partial charge is 0.340 e. The van der Waals surface area contributed by atoms with Gasteiger partial charge in [-0.3, -0.25) is 0 Å². The van der Waals surface area contributed by atoms with Crippen molar-refractivity contribution in [2.24, 2.45) is 5.92 Å². The van der Waals surface area contributed by atoms with Gasteiger partial charge in [-0.25, -0.2) is 9.97 Å². The highest BCUT2D eigenvalue weighted by atomic mass is 15.0. The topological polar surface area (TPSA) is 42.2 Å². The Morgan fingerprint density at radius 3 is 2.55 bits per heavy atom. The van der Waals surface area contributed by atoms with Crippen LogP contribution in [0.1, 0.15) is 19.4 Å². The average Bonchev–Trinajstić information content (AvgIpc) is 2.74. The summed E-state index contributed by atoms with van der Waals surface area (Å²) < 4.78 is 0. The minimum Gasteiger partial charge on any atom is -0.340 e. The highest BCUT2D eigenvalue weighted by Gasteiger charge is 2.08. The van der Waals surface area contributed by atoms with Crippen molar-refractivity contribution in [2.75, 3.05) is 5.32 Å². The molecule has 0 fully saturated rings. The summed E-state index contributed by atoms with van der Waals surface area (Å²) in [6.45, 7) is 4.81. The van der Waals surface area contributed by atoms with Crippen LogP contribution in [-0.2, 0) is 6.54 Å². The van der Waals surface area contributed by atoms with Crippen LogP contribution in [0.4, 0.5) is 11.5 Å². The maximum absolute atomic E-state index is 4.47. The molecule has 0 atom stereocenters. The number of nitrogens with one attached hydrogen (secondary N) is 1. The van der Waals surface area contributed by atoms with Gasteiger partial charge in [-0.15, -0.1) is 0 Å². The molecule has 3 aromatic carbocycles. The van der Waals surface area contributed by atoms with Crippen molar-refractivity contribution in [1.29, 1.82) is 0 Å². The molecule has 0 saturated carbocycles. The molecule has 142 valence electrons. The van der Waals surface area contributed by atoms with E-state index in [9.17, 15) is 0 Å². The van der Waals surface area contributed by atoms with Crippen LogP contribution in [0.2, 0.25) is 0 Å². The third-order valence-electron chi connectivity index (χ3n) is 4.54. The van der Waals surface area contributed by atoms with Crippen molar-refractivity contribution in [3.05, 3.63) is 89.5 Å². The summed E-state index contributed by atoms with van der Waals surface area (Å²) in [7, 11) is 0. The predicted molar refractivity (Wildman–Crippen MR) is 120 cm³/mol. The molecule has 0 unspecified atom stereocenters. The Hall–Kier alpha value is -3.71. The van der Waals surface area contributed by atoms with Gasteiger partial charge in [-0.2, -0.15) is 0 Å². The summed E-state index contributed by atoms with van der Waals surface area (Å²) in [5.41, 5.74) is 5.36. The number of hydrogen-bond acceptors (Lipinski definition) is 3. The van der Waals surface area contributed by atoms with Crippen molar-refractivity contribution in [2.45, 2.75) is 20.4 Å². The van der Waals surface area contributed by atoms with Crippen LogP contribution >= 0.6 is 0 Å². The van der Waals surface area contributed by atoms with E-state index in [1.165, 1.54) is 5.56 Å². The Balaban J connectivity index is 1.69. The molecule has 1 heterocycles. The zero-order valence-corrected chi connectivity index (χ0v) is 16.6. The van der Waals surface area contributed by atoms with Crippen LogP contribution in [0.15, 0.2) is 79.1 Å². The number of aromatic nitrogens is 2. The Labute approximate surface area is 171 Å². The van der Waals surface area contributed by atoms with Crippen LogP contribution in [0, 0.1) is 12.0 Å². The van der Waals surface area contributed by atoms with E-state index in [1.54, 1.807) is 6.33 Å². The zero-order chi connectivity index (χ0) is 20.1. The molecule has 0 amide bonds. The number of nitrogens with zero attached hydrogens (tertiary/aromatic N) is 3. The first-order valence-electron chi connectivity index (χ1n) is 9.77. The number of anilines is 2. The first kappa shape index (κ1) is 18.6. The zero-order valence-electron chi connectivity index (χ0n) is 16.6. The lowest BCUT2D eigenvalue weighted by atomic mass is 10.0. The molecule has 0 radical (unpaired) electrons. The molecule has 1 N–H and O–H groups in total. The maximum atomic E-state index is 4.47. The fraction of sp³-hybridized carbons (Fsp3) is 0.160. The van der Waals surface area contributed by atoms with Crippen LogP contribution in [0.3, 0.4) is 0 Å². The van der Waals surface area contributed by atoms with Gasteiger partial charge in [0.25, 0.3) is 12.6 Å². The monoisotopic (exact) mass is 379 g/mol. The number of para-hydroxylation sites is 1. The summed E-state index contributed by atoms with van der Waals surface area (Å²) in [4.78, 5) is 13.3. The summed E-state index contributed by atoms with van der Waals surface area (Å²) in [6.07, 6.45) is 1.59. The van der Waals surface area contributed by atoms with E-state index in [0.29, 0.717) is 12.5 Å². The molecule has 29 heavy (non-hydrogen) atoms. The molecule has 1 aromatic heterocycles. The maximum Gasteiger partial charge on any atom is 0.288 e. The molecule has 0 saturated heterocycles. The van der Waals surface area contributed by atoms with Crippen LogP contribution in [-0.4, -0.2) is 9.97 Å². The second-order valence-electron chi connectivity index (χ2n) is 7.25. The quantitative estimate of drug-likeness (QED) is 0.438. The summed E-state index contributed by atoms with van der Waals surface area (Å²) in [5, 5.41) is 4.39. The fourth-order valence-corrected chi connectivity index (χ4v) is 3.16. The van der Waals surface area contributed by atoms with E-state index >= 15 is 0 Å². The SMILES string of the molecule is CC(C)C#[N+]Cc1cccc(-c2ccc3ncnc(Nc4ccccc4)c3c2)c1. The molecular formula is C25H23N4+. The Kier molecular flexibility index (Phi) is 5.49. The van der Waals surface area contributed by atoms with Gasteiger partial charge in [0, 0.05) is 16.6 Å². The highest BCUT2D eigenvalue weighted by Crippen LogP contribution is 2.29. The third kappa shape index (κ3) is 4.59. The third-order valence-corrected chi connectivity index (χ3v) is 4.54. The summed E-state index contributed by atoms with van der Waals surface area (Å²) >= 11 is 0. The molecule has 4 rings (SSSR count). The fourth-order valence-electron chi connectivity index (χ4n) is 3.16. The molecule has 4 nitrogen and oxygen atoms in total. The van der Waals surface area contributed by atoms with Crippen LogP contribution in [0.5, 0.6) is 0 Å². The predicted octanol–water partition coefficient (Wildman–Crippen LogP) is 6.53. The first-order chi connectivity index (χ1) is 14.2. The summed E-state index contributed by atoms with van der Waals surface area (Å²) in [5.74, 6) is 1.14. The van der Waals surface area contributed by atoms with E-state index in [0.717, 1.165) is 33.5 Å². The van der Waals surface area contributed by atoms with Gasteiger partial charge >= 0.3 is 0 Å². The number of rotatable bonds is 4. The molecule has 4 heteroatoms. The summed E-state index contributed by atoms with van der Waals surface area (Å²) in [6, 6.07) is 27.9. The number of hydrogen-bond donors (Lipinski definition) is 1. The normalized spacial score (nSPS) is 10.6. The average molecular weight is 379 g/mol. The second-order valence-corrected chi connectivity index (χ2v) is 7.25. The van der Waals surface area contributed by atoms with Crippen molar-refractivity contribution < 1.29 is 0 Å². The lowest BCUT2D eigenvalue weighted by Crippen LogP contribution is -1.96. The van der Waals surface area contributed by atoms with Gasteiger partial charge in [-0.1, -0.05) is 47.3 Å². The lowest BCUT2D eigenvalue weighted by molar-refractivity contribution is 0.862. The molecule has 0 spiro atoms. The molecule has 0 aliphatic rings. The molecule has 0 aliphatic heterocycles. The van der Waals surface area contributed by atoms with Crippen molar-refractivity contribution in [3.8, 4) is 17.2 Å². The Morgan fingerprint density at radius 2 is 1.72 bits per heavy atom. The van der Waals surface area contributed by atoms with E-state index in [1.807, 2.05) is 36.4 Å². The number of fused-ring (bicyclic) bond motifs is 1. The molecule has 0 bridgehead atoms. The van der Waals surface area contributed by atoms with Crippen molar-refractivity contribution in [3.63, 3.8) is 0 Å². The minimum atomic E-state index is 0.342. The Morgan fingerprint density at radius 1 is 0.897 bits per heavy atom. The van der Waals surface area contributed by atoms with E-state index in [4.69, 9.17) is 0 Å². The van der Waals surface area contributed by atoms with E-state index < -0.39 is 0 Å². The van der Waals surface area contributed by atoms with Crippen LogP contribution < -0.4 is 5.32 Å². The van der Waals surface area contributed by atoms with Gasteiger partial charge in [0.2, 0.25) is 0 Å². The van der Waals surface area contributed by atoms with Crippen molar-refractivity contribution in [1.82, 2.24) is 9.97 Å². The first-order valence-corrected chi connectivity index (χ1v) is 9.77. The van der Waals surface area contributed by atoms with Gasteiger partial charge in [-0.05, 0) is 55.3 Å². The highest BCUT2D eigenvalue weighted by molar-refractivity contribution is 5.93.